The van der Waals surface area contributed by atoms with Crippen molar-refractivity contribution in [2.45, 2.75) is 63.8 Å². The van der Waals surface area contributed by atoms with Gasteiger partial charge in [0.1, 0.15) is 5.00 Å². The Bertz CT molecular complexity index is 938. The molecule has 11 heteroatoms. The third-order valence-corrected chi connectivity index (χ3v) is 7.60. The number of esters is 1. The largest absolute Gasteiger partial charge is 0.462 e. The average molecular weight is 466 g/mol. The summed E-state index contributed by atoms with van der Waals surface area (Å²) < 4.78 is 12.6. The highest BCUT2D eigenvalue weighted by Crippen LogP contribution is 2.40. The van der Waals surface area contributed by atoms with Crippen LogP contribution < -0.4 is 5.32 Å². The number of carbonyl (C=O) groups excluding carboxylic acids is 2. The molecule has 3 heterocycles. The Kier molecular flexibility index (Phi) is 7.24. The summed E-state index contributed by atoms with van der Waals surface area (Å²) in [5, 5.41) is 15.9. The molecule has 168 valence electrons. The summed E-state index contributed by atoms with van der Waals surface area (Å²) in [6.45, 7) is 5.65. The second kappa shape index (κ2) is 10.1. The van der Waals surface area contributed by atoms with Crippen LogP contribution in [0.1, 0.15) is 53.9 Å². The average Bonchev–Trinajstić information content (AvgIpc) is 3.47. The molecule has 0 unspecified atom stereocenters. The molecule has 31 heavy (non-hydrogen) atoms. The minimum absolute atomic E-state index is 0.114. The van der Waals surface area contributed by atoms with Gasteiger partial charge in [0.05, 0.1) is 30.6 Å². The van der Waals surface area contributed by atoms with E-state index in [0.717, 1.165) is 44.3 Å². The van der Waals surface area contributed by atoms with Gasteiger partial charge in [-0.1, -0.05) is 18.7 Å². The van der Waals surface area contributed by atoms with Gasteiger partial charge in [-0.15, -0.1) is 16.4 Å². The number of hydrogen-bond acceptors (Lipinski definition) is 9. The van der Waals surface area contributed by atoms with Crippen molar-refractivity contribution >= 4 is 40.0 Å². The highest BCUT2D eigenvalue weighted by atomic mass is 32.2. The lowest BCUT2D eigenvalue weighted by atomic mass is 9.88. The zero-order chi connectivity index (χ0) is 21.8. The molecule has 4 rings (SSSR count). The van der Waals surface area contributed by atoms with Crippen LogP contribution in [0.25, 0.3) is 0 Å². The highest BCUT2D eigenvalue weighted by molar-refractivity contribution is 7.99. The number of thioether (sulfide) groups is 1. The van der Waals surface area contributed by atoms with E-state index in [1.54, 1.807) is 11.6 Å². The van der Waals surface area contributed by atoms with Crippen molar-refractivity contribution < 1.29 is 19.1 Å². The van der Waals surface area contributed by atoms with Crippen LogP contribution >= 0.6 is 23.1 Å². The number of carbonyl (C=O) groups is 2. The zero-order valence-electron chi connectivity index (χ0n) is 17.8. The standard InChI is InChI=1S/C20H27N5O4S2/c1-3-28-19(27)17-14-7-6-12(2)9-15(14)31-18(17)21-16(26)11-30-20-22-23-24-25(20)10-13-5-4-8-29-13/h12-13H,3-11H2,1-2H3,(H,21,26)/t12-,13-/m0/s1. The molecule has 1 N–H and O–H groups in total. The number of tetrazole rings is 1. The number of hydrogen-bond donors (Lipinski definition) is 1. The molecule has 2 aromatic rings. The number of anilines is 1. The number of aromatic nitrogens is 4. The van der Waals surface area contributed by atoms with Gasteiger partial charge in [0.15, 0.2) is 0 Å². The fourth-order valence-electron chi connectivity index (χ4n) is 3.95. The lowest BCUT2D eigenvalue weighted by Crippen LogP contribution is -2.19. The smallest absolute Gasteiger partial charge is 0.341 e. The van der Waals surface area contributed by atoms with Crippen LogP contribution in [0, 0.1) is 5.92 Å². The van der Waals surface area contributed by atoms with Crippen LogP contribution in [0.5, 0.6) is 0 Å². The molecule has 0 bridgehead atoms. The van der Waals surface area contributed by atoms with E-state index in [2.05, 4.69) is 27.8 Å². The molecule has 0 radical (unpaired) electrons. The number of amides is 1. The van der Waals surface area contributed by atoms with Crippen molar-refractivity contribution in [3.05, 3.63) is 16.0 Å². The normalized spacial score (nSPS) is 20.5. The van der Waals surface area contributed by atoms with E-state index in [-0.39, 0.29) is 23.7 Å². The summed E-state index contributed by atoms with van der Waals surface area (Å²) in [7, 11) is 0. The van der Waals surface area contributed by atoms with Gasteiger partial charge in [0, 0.05) is 11.5 Å². The van der Waals surface area contributed by atoms with E-state index in [1.807, 2.05) is 0 Å². The minimum atomic E-state index is -0.363. The van der Waals surface area contributed by atoms with E-state index < -0.39 is 0 Å². The Hall–Kier alpha value is -1.98. The monoisotopic (exact) mass is 465 g/mol. The van der Waals surface area contributed by atoms with E-state index >= 15 is 0 Å². The van der Waals surface area contributed by atoms with Crippen molar-refractivity contribution in [3.63, 3.8) is 0 Å². The molecule has 1 fully saturated rings. The third-order valence-electron chi connectivity index (χ3n) is 5.48. The maximum Gasteiger partial charge on any atom is 0.341 e. The molecule has 9 nitrogen and oxygen atoms in total. The summed E-state index contributed by atoms with van der Waals surface area (Å²) in [6.07, 6.45) is 4.95. The Morgan fingerprint density at radius 2 is 2.26 bits per heavy atom. The molecule has 1 aliphatic heterocycles. The summed E-state index contributed by atoms with van der Waals surface area (Å²) in [6, 6.07) is 0. The van der Waals surface area contributed by atoms with Gasteiger partial charge in [-0.25, -0.2) is 9.48 Å². The molecule has 2 atom stereocenters. The van der Waals surface area contributed by atoms with Gasteiger partial charge in [-0.2, -0.15) is 0 Å². The molecule has 0 spiro atoms. The van der Waals surface area contributed by atoms with Crippen LogP contribution in [-0.4, -0.2) is 57.2 Å². The van der Waals surface area contributed by atoms with Crippen molar-refractivity contribution in [1.82, 2.24) is 20.2 Å². The third kappa shape index (κ3) is 5.27. The fourth-order valence-corrected chi connectivity index (χ4v) is 6.05. The Morgan fingerprint density at radius 1 is 1.39 bits per heavy atom. The number of nitrogens with zero attached hydrogens (tertiary/aromatic N) is 4. The van der Waals surface area contributed by atoms with Crippen LogP contribution in [0.15, 0.2) is 5.16 Å². The van der Waals surface area contributed by atoms with Gasteiger partial charge in [-0.3, -0.25) is 4.79 Å². The summed E-state index contributed by atoms with van der Waals surface area (Å²) in [5.41, 5.74) is 1.56. The lowest BCUT2D eigenvalue weighted by molar-refractivity contribution is -0.113. The predicted octanol–water partition coefficient (Wildman–Crippen LogP) is 2.95. The number of rotatable bonds is 8. The fraction of sp³-hybridized carbons (Fsp3) is 0.650. The van der Waals surface area contributed by atoms with Crippen molar-refractivity contribution in [2.75, 3.05) is 24.3 Å². The van der Waals surface area contributed by atoms with Gasteiger partial charge in [0.2, 0.25) is 11.1 Å². The van der Waals surface area contributed by atoms with E-state index in [9.17, 15) is 9.59 Å². The second-order valence-corrected chi connectivity index (χ2v) is 9.94. The van der Waals surface area contributed by atoms with E-state index in [1.165, 1.54) is 28.0 Å². The van der Waals surface area contributed by atoms with Crippen LogP contribution in [0.2, 0.25) is 0 Å². The van der Waals surface area contributed by atoms with Crippen molar-refractivity contribution in [3.8, 4) is 0 Å². The summed E-state index contributed by atoms with van der Waals surface area (Å²) in [5.74, 6) is 0.155. The zero-order valence-corrected chi connectivity index (χ0v) is 19.4. The first-order valence-corrected chi connectivity index (χ1v) is 12.5. The Morgan fingerprint density at radius 3 is 3.03 bits per heavy atom. The molecule has 1 saturated heterocycles. The number of ether oxygens (including phenoxy) is 2. The molecule has 1 aliphatic carbocycles. The molecule has 2 aliphatic rings. The van der Waals surface area contributed by atoms with Crippen molar-refractivity contribution in [1.29, 1.82) is 0 Å². The first-order chi connectivity index (χ1) is 15.0. The SMILES string of the molecule is CCOC(=O)c1c(NC(=O)CSc2nnnn2C[C@@H]2CCCO2)sc2c1CC[C@H](C)C2. The number of nitrogens with one attached hydrogen (secondary N) is 1. The Labute approximate surface area is 189 Å². The first kappa shape index (κ1) is 22.2. The maximum absolute atomic E-state index is 12.7. The van der Waals surface area contributed by atoms with E-state index in [4.69, 9.17) is 9.47 Å². The van der Waals surface area contributed by atoms with Gasteiger partial charge < -0.3 is 14.8 Å². The van der Waals surface area contributed by atoms with Crippen LogP contribution in [-0.2, 0) is 33.7 Å². The second-order valence-electron chi connectivity index (χ2n) is 7.89. The predicted molar refractivity (Wildman–Crippen MR) is 118 cm³/mol. The Balaban J connectivity index is 1.42. The lowest BCUT2D eigenvalue weighted by Gasteiger charge is -2.18. The quantitative estimate of drug-likeness (QED) is 0.468. The van der Waals surface area contributed by atoms with Crippen molar-refractivity contribution in [2.24, 2.45) is 5.92 Å². The topological polar surface area (TPSA) is 108 Å². The van der Waals surface area contributed by atoms with Crippen LogP contribution in [0.4, 0.5) is 5.00 Å². The number of thiophene rings is 1. The van der Waals surface area contributed by atoms with E-state index in [0.29, 0.717) is 34.8 Å². The summed E-state index contributed by atoms with van der Waals surface area (Å²) >= 11 is 2.76. The maximum atomic E-state index is 12.7. The van der Waals surface area contributed by atoms with Crippen LogP contribution in [0.3, 0.4) is 0 Å². The van der Waals surface area contributed by atoms with Gasteiger partial charge in [0.25, 0.3) is 0 Å². The highest BCUT2D eigenvalue weighted by Gasteiger charge is 2.29. The molecule has 2 aromatic heterocycles. The van der Waals surface area contributed by atoms with Gasteiger partial charge in [-0.05, 0) is 60.9 Å². The molecule has 0 aromatic carbocycles. The molecular weight excluding hydrogens is 438 g/mol. The molecule has 1 amide bonds. The first-order valence-electron chi connectivity index (χ1n) is 10.7. The number of fused-ring (bicyclic) bond motifs is 1. The summed E-state index contributed by atoms with van der Waals surface area (Å²) in [4.78, 5) is 26.5. The van der Waals surface area contributed by atoms with Gasteiger partial charge >= 0.3 is 5.97 Å². The molecular formula is C20H27N5O4S2. The minimum Gasteiger partial charge on any atom is -0.462 e. The molecule has 0 saturated carbocycles.